The molecule has 6 nitrogen and oxygen atoms in total. The van der Waals surface area contributed by atoms with E-state index in [1.54, 1.807) is 30.3 Å². The predicted molar refractivity (Wildman–Crippen MR) is 130 cm³/mol. The molecule has 0 spiro atoms. The molecule has 174 valence electrons. The third-order valence-corrected chi connectivity index (χ3v) is 7.71. The molecule has 2 aromatic carbocycles. The number of hydrogen-bond acceptors (Lipinski definition) is 4. The zero-order chi connectivity index (χ0) is 23.1. The number of carbonyl (C=O) groups is 1. The fourth-order valence-electron chi connectivity index (χ4n) is 4.12. The van der Waals surface area contributed by atoms with Crippen molar-refractivity contribution in [3.05, 3.63) is 59.2 Å². The second-order valence-corrected chi connectivity index (χ2v) is 10.6. The first-order chi connectivity index (χ1) is 15.3. The first-order valence-electron chi connectivity index (χ1n) is 11.4. The minimum absolute atomic E-state index is 0.181. The average molecular weight is 458 g/mol. The highest BCUT2D eigenvalue weighted by molar-refractivity contribution is 7.92. The molecule has 0 atom stereocenters. The van der Waals surface area contributed by atoms with Gasteiger partial charge in [-0.3, -0.25) is 9.10 Å². The third kappa shape index (κ3) is 6.33. The lowest BCUT2D eigenvalue weighted by atomic mass is 10.1. The van der Waals surface area contributed by atoms with Crippen LogP contribution in [0.1, 0.15) is 42.4 Å². The number of benzene rings is 2. The number of amides is 1. The summed E-state index contributed by atoms with van der Waals surface area (Å²) in [7, 11) is -3.88. The molecule has 32 heavy (non-hydrogen) atoms. The molecule has 0 aliphatic carbocycles. The fourth-order valence-corrected chi connectivity index (χ4v) is 5.61. The molecule has 1 aliphatic heterocycles. The van der Waals surface area contributed by atoms with Crippen LogP contribution in [0, 0.1) is 20.8 Å². The van der Waals surface area contributed by atoms with Crippen LogP contribution in [0.4, 0.5) is 5.69 Å². The van der Waals surface area contributed by atoms with Gasteiger partial charge < -0.3 is 10.2 Å². The van der Waals surface area contributed by atoms with Gasteiger partial charge in [-0.05, 0) is 83.4 Å². The van der Waals surface area contributed by atoms with E-state index in [0.29, 0.717) is 12.2 Å². The Labute approximate surface area is 192 Å². The van der Waals surface area contributed by atoms with E-state index >= 15 is 0 Å². The molecule has 1 aliphatic rings. The number of carbonyl (C=O) groups excluding carboxylic acids is 1. The number of likely N-dealkylation sites (tertiary alicyclic amines) is 1. The molecule has 0 unspecified atom stereocenters. The van der Waals surface area contributed by atoms with E-state index in [-0.39, 0.29) is 17.3 Å². The van der Waals surface area contributed by atoms with Crippen LogP contribution in [0.3, 0.4) is 0 Å². The minimum Gasteiger partial charge on any atom is -0.354 e. The smallest absolute Gasteiger partial charge is 0.264 e. The van der Waals surface area contributed by atoms with Gasteiger partial charge in [-0.1, -0.05) is 41.8 Å². The summed E-state index contributed by atoms with van der Waals surface area (Å²) >= 11 is 0. The molecule has 7 heteroatoms. The van der Waals surface area contributed by atoms with Crippen LogP contribution in [0.25, 0.3) is 0 Å². The van der Waals surface area contributed by atoms with Crippen LogP contribution < -0.4 is 9.62 Å². The van der Waals surface area contributed by atoms with Gasteiger partial charge in [0.1, 0.15) is 6.54 Å². The van der Waals surface area contributed by atoms with Gasteiger partial charge in [0.15, 0.2) is 0 Å². The Morgan fingerprint density at radius 3 is 2.28 bits per heavy atom. The number of nitrogens with zero attached hydrogens (tertiary/aromatic N) is 2. The van der Waals surface area contributed by atoms with E-state index in [0.717, 1.165) is 42.7 Å². The van der Waals surface area contributed by atoms with Crippen molar-refractivity contribution in [2.45, 2.75) is 51.3 Å². The lowest BCUT2D eigenvalue weighted by molar-refractivity contribution is -0.119. The monoisotopic (exact) mass is 457 g/mol. The Hall–Kier alpha value is -2.38. The predicted octanol–water partition coefficient (Wildman–Crippen LogP) is 3.80. The number of sulfonamides is 1. The van der Waals surface area contributed by atoms with Gasteiger partial charge in [-0.2, -0.15) is 0 Å². The van der Waals surface area contributed by atoms with Gasteiger partial charge in [0.2, 0.25) is 5.91 Å². The maximum Gasteiger partial charge on any atom is 0.264 e. The van der Waals surface area contributed by atoms with Gasteiger partial charge >= 0.3 is 0 Å². The molecule has 0 radical (unpaired) electrons. The normalized spacial score (nSPS) is 14.8. The van der Waals surface area contributed by atoms with Crippen molar-refractivity contribution in [3.8, 4) is 0 Å². The minimum atomic E-state index is -3.88. The van der Waals surface area contributed by atoms with Gasteiger partial charge in [-0.15, -0.1) is 0 Å². The highest BCUT2D eigenvalue weighted by Crippen LogP contribution is 2.27. The number of aryl methyl sites for hydroxylation is 3. The largest absolute Gasteiger partial charge is 0.354 e. The second-order valence-electron chi connectivity index (χ2n) is 8.72. The summed E-state index contributed by atoms with van der Waals surface area (Å²) in [6.07, 6.45) is 4.65. The van der Waals surface area contributed by atoms with Crippen LogP contribution in [-0.4, -0.2) is 51.9 Å². The van der Waals surface area contributed by atoms with Crippen LogP contribution in [-0.2, 0) is 14.8 Å². The maximum atomic E-state index is 13.5. The number of piperidine rings is 1. The Bertz CT molecular complexity index is 1010. The van der Waals surface area contributed by atoms with E-state index in [9.17, 15) is 13.2 Å². The van der Waals surface area contributed by atoms with Crippen LogP contribution in [0.5, 0.6) is 0 Å². The molecular weight excluding hydrogens is 422 g/mol. The average Bonchev–Trinajstić information content (AvgIpc) is 2.76. The summed E-state index contributed by atoms with van der Waals surface area (Å²) in [4.78, 5) is 15.4. The second kappa shape index (κ2) is 11.0. The molecule has 3 rings (SSSR count). The summed E-state index contributed by atoms with van der Waals surface area (Å²) in [5, 5.41) is 2.91. The molecule has 1 amide bonds. The summed E-state index contributed by atoms with van der Waals surface area (Å²) < 4.78 is 28.2. The van der Waals surface area contributed by atoms with Crippen LogP contribution >= 0.6 is 0 Å². The van der Waals surface area contributed by atoms with Crippen molar-refractivity contribution >= 4 is 21.6 Å². The summed E-state index contributed by atoms with van der Waals surface area (Å²) in [6.45, 7) is 9.26. The van der Waals surface area contributed by atoms with Gasteiger partial charge in [0, 0.05) is 6.54 Å². The number of nitrogens with one attached hydrogen (secondary N) is 1. The molecule has 1 N–H and O–H groups in total. The number of hydrogen-bond donors (Lipinski definition) is 1. The lowest BCUT2D eigenvalue weighted by Gasteiger charge is -2.27. The topological polar surface area (TPSA) is 69.7 Å². The van der Waals surface area contributed by atoms with E-state index in [1.165, 1.54) is 23.6 Å². The van der Waals surface area contributed by atoms with Crippen molar-refractivity contribution in [3.63, 3.8) is 0 Å². The number of anilines is 1. The van der Waals surface area contributed by atoms with Crippen molar-refractivity contribution in [2.75, 3.05) is 37.0 Å². The van der Waals surface area contributed by atoms with E-state index in [2.05, 4.69) is 10.2 Å². The summed E-state index contributed by atoms with van der Waals surface area (Å²) in [6, 6.07) is 12.3. The van der Waals surface area contributed by atoms with Crippen LogP contribution in [0.15, 0.2) is 47.4 Å². The first-order valence-corrected chi connectivity index (χ1v) is 12.9. The zero-order valence-corrected chi connectivity index (χ0v) is 20.2. The fraction of sp³-hybridized carbons (Fsp3) is 0.480. The summed E-state index contributed by atoms with van der Waals surface area (Å²) in [5.41, 5.74) is 3.37. The Kier molecular flexibility index (Phi) is 8.32. The molecule has 0 bridgehead atoms. The Morgan fingerprint density at radius 2 is 1.62 bits per heavy atom. The molecular formula is C25H35N3O3S. The van der Waals surface area contributed by atoms with Gasteiger partial charge in [0.05, 0.1) is 10.6 Å². The van der Waals surface area contributed by atoms with E-state index in [4.69, 9.17) is 0 Å². The molecule has 1 saturated heterocycles. The third-order valence-electron chi connectivity index (χ3n) is 5.94. The molecule has 0 saturated carbocycles. The molecule has 1 fully saturated rings. The quantitative estimate of drug-likeness (QED) is 0.582. The molecule has 0 aromatic heterocycles. The van der Waals surface area contributed by atoms with E-state index in [1.807, 2.05) is 32.9 Å². The van der Waals surface area contributed by atoms with Gasteiger partial charge in [0.25, 0.3) is 10.0 Å². The zero-order valence-electron chi connectivity index (χ0n) is 19.4. The van der Waals surface area contributed by atoms with Crippen molar-refractivity contribution in [1.82, 2.24) is 10.2 Å². The van der Waals surface area contributed by atoms with Crippen molar-refractivity contribution < 1.29 is 13.2 Å². The SMILES string of the molecule is Cc1ccc(S(=O)(=O)N(CC(=O)NCCCN2CCCCC2)c2ccc(C)cc2C)cc1. The standard InChI is InChI=1S/C25H35N3O3S/c1-20-8-11-23(12-9-20)32(30,31)28(24-13-10-21(2)18-22(24)3)19-25(29)26-14-7-17-27-15-5-4-6-16-27/h8-13,18H,4-7,14-17,19H2,1-3H3,(H,26,29). The molecule has 2 aromatic rings. The van der Waals surface area contributed by atoms with Crippen molar-refractivity contribution in [1.29, 1.82) is 0 Å². The highest BCUT2D eigenvalue weighted by atomic mass is 32.2. The summed E-state index contributed by atoms with van der Waals surface area (Å²) in [5.74, 6) is -0.292. The molecule has 1 heterocycles. The van der Waals surface area contributed by atoms with E-state index < -0.39 is 10.0 Å². The Morgan fingerprint density at radius 1 is 0.969 bits per heavy atom. The van der Waals surface area contributed by atoms with Gasteiger partial charge in [-0.25, -0.2) is 8.42 Å². The van der Waals surface area contributed by atoms with Crippen LogP contribution in [0.2, 0.25) is 0 Å². The van der Waals surface area contributed by atoms with Crippen molar-refractivity contribution in [2.24, 2.45) is 0 Å². The Balaban J connectivity index is 1.72. The lowest BCUT2D eigenvalue weighted by Crippen LogP contribution is -2.42. The first kappa shape index (κ1) is 24.3. The maximum absolute atomic E-state index is 13.5. The number of rotatable bonds is 9. The highest BCUT2D eigenvalue weighted by Gasteiger charge is 2.28.